The summed E-state index contributed by atoms with van der Waals surface area (Å²) in [6.45, 7) is 0.823. The summed E-state index contributed by atoms with van der Waals surface area (Å²) < 4.78 is 7.36. The Morgan fingerprint density at radius 2 is 1.95 bits per heavy atom. The SMILES string of the molecule is CNC(CC1OCCc2ccccc21)c1ccccc1I. The van der Waals surface area contributed by atoms with Gasteiger partial charge in [0.05, 0.1) is 12.7 Å². The van der Waals surface area contributed by atoms with Gasteiger partial charge in [-0.25, -0.2) is 0 Å². The lowest BCUT2D eigenvalue weighted by Crippen LogP contribution is -2.24. The number of ether oxygens (including phenoxy) is 1. The first-order valence-electron chi connectivity index (χ1n) is 7.40. The predicted octanol–water partition coefficient (Wildman–Crippen LogP) is 4.26. The molecule has 2 unspecified atom stereocenters. The molecule has 2 nitrogen and oxygen atoms in total. The summed E-state index contributed by atoms with van der Waals surface area (Å²) in [6, 6.07) is 17.6. The van der Waals surface area contributed by atoms with E-state index in [0.29, 0.717) is 6.04 Å². The van der Waals surface area contributed by atoms with Crippen LogP contribution in [0.3, 0.4) is 0 Å². The molecule has 2 aromatic rings. The number of fused-ring (bicyclic) bond motifs is 1. The van der Waals surface area contributed by atoms with Gasteiger partial charge in [-0.1, -0.05) is 42.5 Å². The molecule has 0 fully saturated rings. The highest BCUT2D eigenvalue weighted by Crippen LogP contribution is 2.35. The Hall–Kier alpha value is -0.910. The lowest BCUT2D eigenvalue weighted by molar-refractivity contribution is 0.0298. The highest BCUT2D eigenvalue weighted by molar-refractivity contribution is 14.1. The average molecular weight is 393 g/mol. The van der Waals surface area contributed by atoms with E-state index in [1.807, 2.05) is 7.05 Å². The number of rotatable bonds is 4. The molecule has 0 radical (unpaired) electrons. The maximum Gasteiger partial charge on any atom is 0.0845 e. The standard InChI is InChI=1S/C18H20INO/c1-20-17(15-8-4-5-9-16(15)19)12-18-14-7-3-2-6-13(14)10-11-21-18/h2-9,17-18,20H,10-12H2,1H3. The minimum atomic E-state index is 0.184. The van der Waals surface area contributed by atoms with Crippen LogP contribution in [0.15, 0.2) is 48.5 Å². The van der Waals surface area contributed by atoms with E-state index >= 15 is 0 Å². The van der Waals surface area contributed by atoms with Crippen molar-refractivity contribution in [1.29, 1.82) is 0 Å². The average Bonchev–Trinajstić information content (AvgIpc) is 2.53. The molecule has 0 saturated heterocycles. The van der Waals surface area contributed by atoms with E-state index in [2.05, 4.69) is 76.4 Å². The predicted molar refractivity (Wildman–Crippen MR) is 94.4 cm³/mol. The van der Waals surface area contributed by atoms with Crippen molar-refractivity contribution < 1.29 is 4.74 Å². The summed E-state index contributed by atoms with van der Waals surface area (Å²) in [5.74, 6) is 0. The zero-order chi connectivity index (χ0) is 14.7. The van der Waals surface area contributed by atoms with Gasteiger partial charge >= 0.3 is 0 Å². The largest absolute Gasteiger partial charge is 0.373 e. The maximum absolute atomic E-state index is 6.06. The normalized spacial score (nSPS) is 19.0. The second-order valence-corrected chi connectivity index (χ2v) is 6.57. The van der Waals surface area contributed by atoms with Crippen LogP contribution in [0.2, 0.25) is 0 Å². The van der Waals surface area contributed by atoms with Crippen molar-refractivity contribution in [2.24, 2.45) is 0 Å². The van der Waals surface area contributed by atoms with Gasteiger partial charge in [-0.05, 0) is 65.2 Å². The smallest absolute Gasteiger partial charge is 0.0845 e. The number of benzene rings is 2. The van der Waals surface area contributed by atoms with Crippen LogP contribution in [0.1, 0.15) is 35.3 Å². The van der Waals surface area contributed by atoms with Crippen LogP contribution in [-0.2, 0) is 11.2 Å². The van der Waals surface area contributed by atoms with Crippen LogP contribution >= 0.6 is 22.6 Å². The lowest BCUT2D eigenvalue weighted by Gasteiger charge is -2.29. The molecule has 3 rings (SSSR count). The third kappa shape index (κ3) is 3.30. The van der Waals surface area contributed by atoms with Crippen LogP contribution in [0.25, 0.3) is 0 Å². The Balaban J connectivity index is 1.84. The van der Waals surface area contributed by atoms with Crippen LogP contribution in [0.4, 0.5) is 0 Å². The van der Waals surface area contributed by atoms with Crippen LogP contribution in [0, 0.1) is 3.57 Å². The van der Waals surface area contributed by atoms with Crippen LogP contribution in [0.5, 0.6) is 0 Å². The maximum atomic E-state index is 6.06. The fourth-order valence-electron chi connectivity index (χ4n) is 3.04. The van der Waals surface area contributed by atoms with Crippen molar-refractivity contribution >= 4 is 22.6 Å². The fourth-order valence-corrected chi connectivity index (χ4v) is 3.81. The molecular formula is C18H20INO. The second-order valence-electron chi connectivity index (χ2n) is 5.41. The highest BCUT2D eigenvalue weighted by Gasteiger charge is 2.24. The molecule has 110 valence electrons. The number of hydrogen-bond donors (Lipinski definition) is 1. The second kappa shape index (κ2) is 6.90. The summed E-state index contributed by atoms with van der Waals surface area (Å²) in [6.07, 6.45) is 2.18. The molecule has 21 heavy (non-hydrogen) atoms. The molecular weight excluding hydrogens is 373 g/mol. The Kier molecular flexibility index (Phi) is 4.93. The van der Waals surface area contributed by atoms with Crippen molar-refractivity contribution in [3.8, 4) is 0 Å². The molecule has 1 aliphatic heterocycles. The van der Waals surface area contributed by atoms with Gasteiger partial charge in [0, 0.05) is 9.61 Å². The van der Waals surface area contributed by atoms with Gasteiger partial charge in [0.25, 0.3) is 0 Å². The zero-order valence-electron chi connectivity index (χ0n) is 12.2. The van der Waals surface area contributed by atoms with Gasteiger partial charge in [-0.2, -0.15) is 0 Å². The summed E-state index contributed by atoms with van der Waals surface area (Å²) in [5, 5.41) is 3.45. The molecule has 0 aromatic heterocycles. The molecule has 1 N–H and O–H groups in total. The van der Waals surface area contributed by atoms with Gasteiger partial charge in [-0.3, -0.25) is 0 Å². The van der Waals surface area contributed by atoms with Crippen molar-refractivity contribution in [2.45, 2.75) is 25.0 Å². The minimum Gasteiger partial charge on any atom is -0.373 e. The van der Waals surface area contributed by atoms with E-state index in [1.165, 1.54) is 20.3 Å². The number of hydrogen-bond acceptors (Lipinski definition) is 2. The lowest BCUT2D eigenvalue weighted by atomic mass is 9.91. The van der Waals surface area contributed by atoms with Crippen LogP contribution < -0.4 is 5.32 Å². The van der Waals surface area contributed by atoms with E-state index in [4.69, 9.17) is 4.74 Å². The van der Waals surface area contributed by atoms with Gasteiger partial charge in [0.15, 0.2) is 0 Å². The zero-order valence-corrected chi connectivity index (χ0v) is 14.3. The van der Waals surface area contributed by atoms with Gasteiger partial charge < -0.3 is 10.1 Å². The first-order valence-corrected chi connectivity index (χ1v) is 8.48. The summed E-state index contributed by atoms with van der Waals surface area (Å²) in [4.78, 5) is 0. The fraction of sp³-hybridized carbons (Fsp3) is 0.333. The van der Waals surface area contributed by atoms with E-state index in [-0.39, 0.29) is 6.10 Å². The summed E-state index contributed by atoms with van der Waals surface area (Å²) >= 11 is 2.41. The molecule has 2 atom stereocenters. The Morgan fingerprint density at radius 1 is 1.19 bits per heavy atom. The summed E-state index contributed by atoms with van der Waals surface area (Å²) in [7, 11) is 2.03. The first kappa shape index (κ1) is 15.0. The van der Waals surface area contributed by atoms with Gasteiger partial charge in [-0.15, -0.1) is 0 Å². The molecule has 0 bridgehead atoms. The van der Waals surface area contributed by atoms with Crippen LogP contribution in [-0.4, -0.2) is 13.7 Å². The number of halogens is 1. The monoisotopic (exact) mass is 393 g/mol. The van der Waals surface area contributed by atoms with Crippen molar-refractivity contribution in [3.63, 3.8) is 0 Å². The van der Waals surface area contributed by atoms with E-state index in [1.54, 1.807) is 0 Å². The topological polar surface area (TPSA) is 21.3 Å². The molecule has 0 aliphatic carbocycles. The van der Waals surface area contributed by atoms with Crippen molar-refractivity contribution in [3.05, 3.63) is 68.8 Å². The molecule has 0 amide bonds. The van der Waals surface area contributed by atoms with Crippen molar-refractivity contribution in [1.82, 2.24) is 5.32 Å². The molecule has 2 aromatic carbocycles. The quantitative estimate of drug-likeness (QED) is 0.785. The molecule has 0 saturated carbocycles. The molecule has 3 heteroatoms. The Labute approximate surface area is 140 Å². The molecule has 1 aliphatic rings. The highest BCUT2D eigenvalue weighted by atomic mass is 127. The Morgan fingerprint density at radius 3 is 2.76 bits per heavy atom. The van der Waals surface area contributed by atoms with Gasteiger partial charge in [0.1, 0.15) is 0 Å². The molecule has 0 spiro atoms. The third-order valence-corrected chi connectivity index (χ3v) is 5.15. The third-order valence-electron chi connectivity index (χ3n) is 4.17. The van der Waals surface area contributed by atoms with Crippen molar-refractivity contribution in [2.75, 3.05) is 13.7 Å². The van der Waals surface area contributed by atoms with Gasteiger partial charge in [0.2, 0.25) is 0 Å². The Bertz CT molecular complexity index is 614. The number of nitrogens with one attached hydrogen (secondary N) is 1. The molecule has 1 heterocycles. The van der Waals surface area contributed by atoms with E-state index < -0.39 is 0 Å². The van der Waals surface area contributed by atoms with E-state index in [9.17, 15) is 0 Å². The summed E-state index contributed by atoms with van der Waals surface area (Å²) in [5.41, 5.74) is 4.15. The van der Waals surface area contributed by atoms with E-state index in [0.717, 1.165) is 19.4 Å². The first-order chi connectivity index (χ1) is 10.3. The minimum absolute atomic E-state index is 0.184.